The number of thiocarbonyl (C=S) groups is 1. The largest absolute Gasteiger partial charge is 0.486 e. The first-order valence-corrected chi connectivity index (χ1v) is 13.1. The molecule has 38 heavy (non-hydrogen) atoms. The Kier molecular flexibility index (Phi) is 6.00. The molecular formula is C27H25F3N4O3S. The Morgan fingerprint density at radius 1 is 1.05 bits per heavy atom. The molecule has 3 aliphatic heterocycles. The van der Waals surface area contributed by atoms with E-state index in [9.17, 15) is 18.0 Å². The molecule has 11 heteroatoms. The molecule has 1 amide bonds. The van der Waals surface area contributed by atoms with Crippen LogP contribution in [0.25, 0.3) is 0 Å². The smallest absolute Gasteiger partial charge is 0.417 e. The van der Waals surface area contributed by atoms with Crippen LogP contribution in [-0.4, -0.2) is 53.8 Å². The summed E-state index contributed by atoms with van der Waals surface area (Å²) in [5, 5.41) is 9.25. The molecule has 2 aromatic rings. The van der Waals surface area contributed by atoms with Gasteiger partial charge in [-0.2, -0.15) is 18.4 Å². The molecule has 1 aliphatic carbocycles. The normalized spacial score (nSPS) is 22.6. The lowest BCUT2D eigenvalue weighted by molar-refractivity contribution is -0.137. The summed E-state index contributed by atoms with van der Waals surface area (Å²) >= 11 is 5.71. The van der Waals surface area contributed by atoms with E-state index in [0.29, 0.717) is 36.6 Å². The SMILES string of the molecule is N#Cc1ccc(N2C(=O)C3(CCC3)N(c3ccc4c(c3)OC[C@@H](CN3CCCC3)O4)C2=S)cc1C(F)(F)F. The number of nitrogens with zero attached hydrogens (tertiary/aromatic N) is 4. The van der Waals surface area contributed by atoms with Crippen molar-refractivity contribution in [1.82, 2.24) is 4.90 Å². The van der Waals surface area contributed by atoms with E-state index in [4.69, 9.17) is 27.0 Å². The molecule has 198 valence electrons. The van der Waals surface area contributed by atoms with Gasteiger partial charge in [0.25, 0.3) is 5.91 Å². The molecule has 3 fully saturated rings. The first kappa shape index (κ1) is 24.9. The number of benzene rings is 2. The van der Waals surface area contributed by atoms with Crippen molar-refractivity contribution in [2.24, 2.45) is 0 Å². The second-order valence-electron chi connectivity index (χ2n) is 10.2. The second kappa shape index (κ2) is 9.13. The number of rotatable bonds is 4. The summed E-state index contributed by atoms with van der Waals surface area (Å²) in [7, 11) is 0. The number of fused-ring (bicyclic) bond motifs is 1. The number of nitriles is 1. The van der Waals surface area contributed by atoms with E-state index in [2.05, 4.69) is 4.90 Å². The van der Waals surface area contributed by atoms with Crippen LogP contribution >= 0.6 is 12.2 Å². The van der Waals surface area contributed by atoms with Crippen LogP contribution in [0.5, 0.6) is 11.5 Å². The summed E-state index contributed by atoms with van der Waals surface area (Å²) in [6, 6.07) is 10.2. The zero-order valence-corrected chi connectivity index (χ0v) is 21.3. The molecular weight excluding hydrogens is 517 g/mol. The van der Waals surface area contributed by atoms with Crippen molar-refractivity contribution < 1.29 is 27.4 Å². The predicted molar refractivity (Wildman–Crippen MR) is 137 cm³/mol. The quantitative estimate of drug-likeness (QED) is 0.511. The zero-order valence-electron chi connectivity index (χ0n) is 20.5. The van der Waals surface area contributed by atoms with E-state index in [1.54, 1.807) is 23.1 Å². The number of carbonyl (C=O) groups is 1. The Hall–Kier alpha value is -3.36. The highest BCUT2D eigenvalue weighted by Crippen LogP contribution is 2.49. The number of carbonyl (C=O) groups excluding carboxylic acids is 1. The number of anilines is 2. The number of ether oxygens (including phenoxy) is 2. The maximum atomic E-state index is 13.7. The highest BCUT2D eigenvalue weighted by atomic mass is 32.1. The van der Waals surface area contributed by atoms with Crippen molar-refractivity contribution >= 4 is 34.6 Å². The molecule has 2 saturated heterocycles. The average molecular weight is 543 g/mol. The van der Waals surface area contributed by atoms with E-state index < -0.39 is 22.8 Å². The fourth-order valence-corrected chi connectivity index (χ4v) is 6.27. The van der Waals surface area contributed by atoms with E-state index in [-0.39, 0.29) is 22.8 Å². The topological polar surface area (TPSA) is 69.0 Å². The number of amides is 1. The van der Waals surface area contributed by atoms with Gasteiger partial charge in [0, 0.05) is 18.3 Å². The van der Waals surface area contributed by atoms with Crippen LogP contribution in [0.4, 0.5) is 24.5 Å². The van der Waals surface area contributed by atoms with Crippen molar-refractivity contribution in [3.8, 4) is 17.6 Å². The van der Waals surface area contributed by atoms with Crippen molar-refractivity contribution in [3.05, 3.63) is 47.5 Å². The minimum Gasteiger partial charge on any atom is -0.486 e. The molecule has 0 N–H and O–H groups in total. The fraction of sp³-hybridized carbons (Fsp3) is 0.444. The molecule has 0 radical (unpaired) electrons. The van der Waals surface area contributed by atoms with Crippen LogP contribution < -0.4 is 19.3 Å². The van der Waals surface area contributed by atoms with E-state index in [1.807, 2.05) is 6.07 Å². The summed E-state index contributed by atoms with van der Waals surface area (Å²) in [5.74, 6) is 0.787. The van der Waals surface area contributed by atoms with Gasteiger partial charge in [0.05, 0.1) is 22.9 Å². The summed E-state index contributed by atoms with van der Waals surface area (Å²) in [6.07, 6.45) is -0.589. The van der Waals surface area contributed by atoms with Gasteiger partial charge in [-0.1, -0.05) is 0 Å². The Bertz CT molecular complexity index is 1350. The predicted octanol–water partition coefficient (Wildman–Crippen LogP) is 4.87. The number of alkyl halides is 3. The highest BCUT2D eigenvalue weighted by molar-refractivity contribution is 7.81. The van der Waals surface area contributed by atoms with Crippen LogP contribution in [0.2, 0.25) is 0 Å². The van der Waals surface area contributed by atoms with Crippen molar-refractivity contribution in [1.29, 1.82) is 5.26 Å². The molecule has 4 aliphatic rings. The Balaban J connectivity index is 1.30. The molecule has 7 nitrogen and oxygen atoms in total. The van der Waals surface area contributed by atoms with Gasteiger partial charge in [-0.05, 0) is 87.7 Å². The van der Waals surface area contributed by atoms with Crippen LogP contribution in [0.3, 0.4) is 0 Å². The number of likely N-dealkylation sites (tertiary alicyclic amines) is 1. The van der Waals surface area contributed by atoms with Gasteiger partial charge in [-0.3, -0.25) is 14.6 Å². The summed E-state index contributed by atoms with van der Waals surface area (Å²) in [6.45, 7) is 3.33. The van der Waals surface area contributed by atoms with Gasteiger partial charge in [0.2, 0.25) is 0 Å². The molecule has 0 unspecified atom stereocenters. The fourth-order valence-electron chi connectivity index (χ4n) is 5.80. The average Bonchev–Trinajstić information content (AvgIpc) is 3.46. The highest BCUT2D eigenvalue weighted by Gasteiger charge is 2.59. The van der Waals surface area contributed by atoms with Crippen molar-refractivity contribution in [2.75, 3.05) is 36.0 Å². The Morgan fingerprint density at radius 2 is 1.79 bits per heavy atom. The third kappa shape index (κ3) is 3.98. The van der Waals surface area contributed by atoms with E-state index >= 15 is 0 Å². The van der Waals surface area contributed by atoms with E-state index in [1.165, 1.54) is 18.9 Å². The van der Waals surface area contributed by atoms with Crippen LogP contribution in [-0.2, 0) is 11.0 Å². The molecule has 0 bridgehead atoms. The molecule has 1 atom stereocenters. The summed E-state index contributed by atoms with van der Waals surface area (Å²) in [4.78, 5) is 19.0. The monoisotopic (exact) mass is 542 g/mol. The molecule has 2 aromatic carbocycles. The summed E-state index contributed by atoms with van der Waals surface area (Å²) in [5.41, 5.74) is -1.97. The lowest BCUT2D eigenvalue weighted by Gasteiger charge is -2.43. The minimum absolute atomic E-state index is 0.0117. The lowest BCUT2D eigenvalue weighted by atomic mass is 9.75. The number of hydrogen-bond donors (Lipinski definition) is 0. The third-order valence-electron chi connectivity index (χ3n) is 7.84. The number of halogens is 3. The Labute approximate surface area is 223 Å². The first-order chi connectivity index (χ1) is 18.2. The zero-order chi connectivity index (χ0) is 26.7. The van der Waals surface area contributed by atoms with Gasteiger partial charge in [-0.25, -0.2) is 0 Å². The maximum Gasteiger partial charge on any atom is 0.417 e. The molecule has 1 saturated carbocycles. The van der Waals surface area contributed by atoms with E-state index in [0.717, 1.165) is 43.1 Å². The standard InChI is InChI=1S/C27H25F3N4O3S/c28-27(29,30)21-12-18(5-4-17(21)14-31)33-24(35)26(8-3-9-26)34(25(33)38)19-6-7-22-23(13-19)36-16-20(37-22)15-32-10-1-2-11-32/h4-7,12-13,20H,1-3,8-11,15-16H2/t20-/m1/s1. The van der Waals surface area contributed by atoms with Gasteiger partial charge in [0.1, 0.15) is 18.2 Å². The van der Waals surface area contributed by atoms with Crippen LogP contribution in [0, 0.1) is 11.3 Å². The maximum absolute atomic E-state index is 13.7. The molecule has 3 heterocycles. The van der Waals surface area contributed by atoms with Gasteiger partial charge in [0.15, 0.2) is 16.6 Å². The van der Waals surface area contributed by atoms with Crippen molar-refractivity contribution in [3.63, 3.8) is 0 Å². The summed E-state index contributed by atoms with van der Waals surface area (Å²) < 4.78 is 53.2. The molecule has 6 rings (SSSR count). The van der Waals surface area contributed by atoms with Gasteiger partial charge < -0.3 is 14.4 Å². The second-order valence-corrected chi connectivity index (χ2v) is 10.5. The first-order valence-electron chi connectivity index (χ1n) is 12.7. The van der Waals surface area contributed by atoms with Gasteiger partial charge in [-0.15, -0.1) is 0 Å². The molecule has 0 aromatic heterocycles. The van der Waals surface area contributed by atoms with Crippen LogP contribution in [0.15, 0.2) is 36.4 Å². The third-order valence-corrected chi connectivity index (χ3v) is 8.21. The minimum atomic E-state index is -4.75. The lowest BCUT2D eigenvalue weighted by Crippen LogP contribution is -2.55. The Morgan fingerprint density at radius 3 is 2.45 bits per heavy atom. The van der Waals surface area contributed by atoms with Crippen molar-refractivity contribution in [2.45, 2.75) is 49.9 Å². The number of hydrogen-bond acceptors (Lipinski definition) is 6. The van der Waals surface area contributed by atoms with Gasteiger partial charge >= 0.3 is 6.18 Å². The van der Waals surface area contributed by atoms with Crippen LogP contribution in [0.1, 0.15) is 43.2 Å². The molecule has 1 spiro atoms.